The summed E-state index contributed by atoms with van der Waals surface area (Å²) in [5.41, 5.74) is 0.873. The molecule has 27 heavy (non-hydrogen) atoms. The fourth-order valence-corrected chi connectivity index (χ4v) is 8.13. The van der Waals surface area contributed by atoms with E-state index in [2.05, 4.69) is 76.2 Å². The van der Waals surface area contributed by atoms with Gasteiger partial charge in [-0.2, -0.15) is 0 Å². The van der Waals surface area contributed by atoms with Crippen molar-refractivity contribution >= 4 is 43.3 Å². The first-order chi connectivity index (χ1) is 13.1. The zero-order valence-electron chi connectivity index (χ0n) is 15.3. The van der Waals surface area contributed by atoms with Gasteiger partial charge in [0.1, 0.15) is 15.9 Å². The third-order valence-electron chi connectivity index (χ3n) is 4.73. The molecule has 1 N–H and O–H groups in total. The molecule has 1 unspecified atom stereocenters. The van der Waals surface area contributed by atoms with Gasteiger partial charge in [-0.1, -0.05) is 61.9 Å². The van der Waals surface area contributed by atoms with Gasteiger partial charge in [-0.15, -0.1) is 0 Å². The molecule has 0 heterocycles. The summed E-state index contributed by atoms with van der Waals surface area (Å²) in [6, 6.07) is 28.9. The average molecular weight is 442 g/mol. The lowest BCUT2D eigenvalue weighted by Crippen LogP contribution is -2.27. The smallest absolute Gasteiger partial charge is 0.310 e. The summed E-state index contributed by atoms with van der Waals surface area (Å²) in [6.45, 7) is 2.02. The van der Waals surface area contributed by atoms with Gasteiger partial charge in [0.2, 0.25) is 0 Å². The molecule has 0 radical (unpaired) electrons. The Morgan fingerprint density at radius 2 is 1.41 bits per heavy atom. The predicted octanol–water partition coefficient (Wildman–Crippen LogP) is 5.26. The standard InChI is InChI=1S/C23H22BrO2P/c1-2-10-22(23(25)26)18-11-9-16-21(17-18)27(24,19-12-5-3-6-13-19)20-14-7-4-8-15-20/h3-9,11-17,22H,2,10H2,1H3/p+1. The van der Waals surface area contributed by atoms with Gasteiger partial charge in [-0.25, -0.2) is 0 Å². The molecular weight excluding hydrogens is 419 g/mol. The van der Waals surface area contributed by atoms with Gasteiger partial charge in [-0.05, 0) is 48.4 Å². The lowest BCUT2D eigenvalue weighted by atomic mass is 9.95. The number of rotatable bonds is 7. The van der Waals surface area contributed by atoms with Crippen molar-refractivity contribution in [2.75, 3.05) is 0 Å². The summed E-state index contributed by atoms with van der Waals surface area (Å²) >= 11 is 4.13. The van der Waals surface area contributed by atoms with Crippen molar-refractivity contribution in [1.29, 1.82) is 0 Å². The Morgan fingerprint density at radius 3 is 1.89 bits per heavy atom. The molecule has 0 aromatic heterocycles. The van der Waals surface area contributed by atoms with Crippen LogP contribution in [0.4, 0.5) is 0 Å². The summed E-state index contributed by atoms with van der Waals surface area (Å²) in [7, 11) is 0. The molecule has 2 nitrogen and oxygen atoms in total. The normalized spacial score (nSPS) is 12.5. The third-order valence-corrected chi connectivity index (χ3v) is 11.4. The van der Waals surface area contributed by atoms with Crippen molar-refractivity contribution in [3.63, 3.8) is 0 Å². The number of aliphatic carboxylic acids is 1. The van der Waals surface area contributed by atoms with Crippen LogP contribution >= 0.6 is 21.5 Å². The number of hydrogen-bond acceptors (Lipinski definition) is 1. The summed E-state index contributed by atoms with van der Waals surface area (Å²) < 4.78 is 0. The van der Waals surface area contributed by atoms with Gasteiger partial charge in [0.05, 0.1) is 5.92 Å². The van der Waals surface area contributed by atoms with E-state index in [1.54, 1.807) is 0 Å². The largest absolute Gasteiger partial charge is 0.481 e. The Balaban J connectivity index is 2.17. The lowest BCUT2D eigenvalue weighted by molar-refractivity contribution is -0.139. The van der Waals surface area contributed by atoms with Crippen molar-refractivity contribution in [3.8, 4) is 0 Å². The summed E-state index contributed by atoms with van der Waals surface area (Å²) in [5.74, 6) is -3.25. The van der Waals surface area contributed by atoms with Crippen LogP contribution in [0.3, 0.4) is 0 Å². The number of hydrogen-bond donors (Lipinski definition) is 1. The van der Waals surface area contributed by atoms with Crippen LogP contribution in [-0.4, -0.2) is 11.1 Å². The monoisotopic (exact) mass is 441 g/mol. The van der Waals surface area contributed by atoms with Crippen molar-refractivity contribution in [3.05, 3.63) is 90.5 Å². The molecule has 0 saturated carbocycles. The lowest BCUT2D eigenvalue weighted by Gasteiger charge is -2.21. The Morgan fingerprint density at radius 1 is 0.889 bits per heavy atom. The van der Waals surface area contributed by atoms with Gasteiger partial charge >= 0.3 is 5.97 Å². The van der Waals surface area contributed by atoms with Crippen LogP contribution < -0.4 is 15.9 Å². The molecule has 4 heteroatoms. The Kier molecular flexibility index (Phi) is 6.46. The maximum atomic E-state index is 11.8. The van der Waals surface area contributed by atoms with E-state index in [-0.39, 0.29) is 0 Å². The van der Waals surface area contributed by atoms with E-state index >= 15 is 0 Å². The highest BCUT2D eigenvalue weighted by Crippen LogP contribution is 2.62. The van der Waals surface area contributed by atoms with Gasteiger partial charge in [0.25, 0.3) is 0 Å². The molecule has 3 rings (SSSR count). The van der Waals surface area contributed by atoms with Crippen molar-refractivity contribution in [2.24, 2.45) is 0 Å². The second-order valence-electron chi connectivity index (χ2n) is 6.53. The van der Waals surface area contributed by atoms with Gasteiger partial charge in [0, 0.05) is 0 Å². The SMILES string of the molecule is CCCC(C(=O)O)c1cccc([P+](Br)(c2ccccc2)c2ccccc2)c1. The molecule has 3 aromatic carbocycles. The molecule has 0 spiro atoms. The average Bonchev–Trinajstić information content (AvgIpc) is 2.72. The molecule has 1 atom stereocenters. The minimum Gasteiger partial charge on any atom is -0.481 e. The molecule has 0 saturated heterocycles. The molecule has 138 valence electrons. The molecule has 0 aliphatic carbocycles. The predicted molar refractivity (Wildman–Crippen MR) is 119 cm³/mol. The van der Waals surface area contributed by atoms with E-state index in [1.807, 2.05) is 31.2 Å². The van der Waals surface area contributed by atoms with Crippen molar-refractivity contribution < 1.29 is 9.90 Å². The first-order valence-corrected chi connectivity index (χ1v) is 12.9. The molecule has 3 aromatic rings. The first-order valence-electron chi connectivity index (χ1n) is 9.10. The molecule has 0 aliphatic rings. The number of carboxylic acids is 1. The van der Waals surface area contributed by atoms with Crippen molar-refractivity contribution in [2.45, 2.75) is 25.7 Å². The second kappa shape index (κ2) is 8.82. The third kappa shape index (κ3) is 4.15. The first kappa shape index (κ1) is 19.8. The molecule has 0 amide bonds. The number of carbonyl (C=O) groups is 1. The molecule has 0 bridgehead atoms. The fourth-order valence-electron chi connectivity index (χ4n) is 3.37. The van der Waals surface area contributed by atoms with Crippen LogP contribution in [-0.2, 0) is 4.79 Å². The fraction of sp³-hybridized carbons (Fsp3) is 0.174. The minimum absolute atomic E-state index is 0.470. The summed E-state index contributed by atoms with van der Waals surface area (Å²) in [4.78, 5) is 11.8. The van der Waals surface area contributed by atoms with Crippen LogP contribution in [0, 0.1) is 0 Å². The second-order valence-corrected chi connectivity index (χ2v) is 12.5. The molecular formula is C23H23BrO2P+. The maximum absolute atomic E-state index is 11.8. The maximum Gasteiger partial charge on any atom is 0.310 e. The Hall–Kier alpha value is -1.96. The molecule has 0 aliphatic heterocycles. The zero-order chi connectivity index (χ0) is 19.3. The highest BCUT2D eigenvalue weighted by molar-refractivity contribution is 9.44. The van der Waals surface area contributed by atoms with Crippen LogP contribution in [0.15, 0.2) is 84.9 Å². The Bertz CT molecular complexity index is 857. The van der Waals surface area contributed by atoms with Gasteiger partial charge in [-0.3, -0.25) is 4.79 Å². The zero-order valence-corrected chi connectivity index (χ0v) is 17.7. The number of halogens is 1. The molecule has 0 fully saturated rings. The van der Waals surface area contributed by atoms with E-state index < -0.39 is 17.9 Å². The van der Waals surface area contributed by atoms with E-state index in [1.165, 1.54) is 10.6 Å². The van der Waals surface area contributed by atoms with Crippen LogP contribution in [0.1, 0.15) is 31.2 Å². The van der Waals surface area contributed by atoms with E-state index in [0.717, 1.165) is 17.3 Å². The van der Waals surface area contributed by atoms with Crippen LogP contribution in [0.25, 0.3) is 0 Å². The van der Waals surface area contributed by atoms with E-state index in [0.29, 0.717) is 6.42 Å². The quantitative estimate of drug-likeness (QED) is 0.507. The highest BCUT2D eigenvalue weighted by atomic mass is 79.9. The Labute approximate surface area is 169 Å². The van der Waals surface area contributed by atoms with Gasteiger partial charge < -0.3 is 5.11 Å². The van der Waals surface area contributed by atoms with Crippen LogP contribution in [0.2, 0.25) is 0 Å². The summed E-state index contributed by atoms with van der Waals surface area (Å²) in [6.07, 6.45) is 1.48. The minimum atomic E-state index is -2.02. The van der Waals surface area contributed by atoms with Crippen LogP contribution in [0.5, 0.6) is 0 Å². The van der Waals surface area contributed by atoms with Gasteiger partial charge in [0.15, 0.2) is 21.5 Å². The van der Waals surface area contributed by atoms with E-state index in [9.17, 15) is 9.90 Å². The highest BCUT2D eigenvalue weighted by Gasteiger charge is 2.44. The number of carboxylic acid groups (broad SMARTS) is 1. The summed E-state index contributed by atoms with van der Waals surface area (Å²) in [5, 5.41) is 13.3. The topological polar surface area (TPSA) is 37.3 Å². The van der Waals surface area contributed by atoms with E-state index in [4.69, 9.17) is 0 Å². The van der Waals surface area contributed by atoms with Crippen molar-refractivity contribution in [1.82, 2.24) is 0 Å². The number of benzene rings is 3.